The topological polar surface area (TPSA) is 49.4 Å². The number of rotatable bonds is 1. The van der Waals surface area contributed by atoms with Gasteiger partial charge in [-0.05, 0) is 24.0 Å². The fourth-order valence-electron chi connectivity index (χ4n) is 2.84. The van der Waals surface area contributed by atoms with Crippen molar-refractivity contribution >= 4 is 17.5 Å². The maximum atomic E-state index is 12.0. The monoisotopic (exact) mass is 256 g/mol. The molecule has 1 aromatic rings. The van der Waals surface area contributed by atoms with Gasteiger partial charge in [0.2, 0.25) is 11.8 Å². The van der Waals surface area contributed by atoms with E-state index in [-0.39, 0.29) is 18.4 Å². The highest BCUT2D eigenvalue weighted by Gasteiger charge is 2.29. The Kier molecular flexibility index (Phi) is 2.85. The van der Waals surface area contributed by atoms with E-state index in [1.54, 1.807) is 11.0 Å². The Morgan fingerprint density at radius 2 is 2.16 bits per heavy atom. The zero-order chi connectivity index (χ0) is 13.4. The minimum Gasteiger partial charge on any atom is -0.343 e. The van der Waals surface area contributed by atoms with Crippen molar-refractivity contribution in [1.29, 1.82) is 0 Å². The van der Waals surface area contributed by atoms with E-state index in [9.17, 15) is 9.59 Å². The second-order valence-electron chi connectivity index (χ2n) is 4.84. The Balaban J connectivity index is 2.16. The lowest BCUT2D eigenvalue weighted by atomic mass is 9.91. The average molecular weight is 256 g/mol. The summed E-state index contributed by atoms with van der Waals surface area (Å²) in [5, 5.41) is 2.60. The van der Waals surface area contributed by atoms with Crippen LogP contribution in [-0.4, -0.2) is 29.8 Å². The summed E-state index contributed by atoms with van der Waals surface area (Å²) in [4.78, 5) is 25.4. The highest BCUT2D eigenvalue weighted by atomic mass is 16.2. The molecule has 0 fully saturated rings. The average Bonchev–Trinajstić information content (AvgIpc) is 2.58. The molecule has 2 amide bonds. The fourth-order valence-corrected chi connectivity index (χ4v) is 2.84. The third-order valence-electron chi connectivity index (χ3n) is 3.79. The molecule has 0 saturated carbocycles. The first-order valence-corrected chi connectivity index (χ1v) is 6.61. The van der Waals surface area contributed by atoms with E-state index >= 15 is 0 Å². The Morgan fingerprint density at radius 3 is 2.95 bits per heavy atom. The summed E-state index contributed by atoms with van der Waals surface area (Å²) in [6, 6.07) is 6.11. The van der Waals surface area contributed by atoms with Crippen LogP contribution in [0.15, 0.2) is 24.3 Å². The molecule has 0 spiro atoms. The highest BCUT2D eigenvalue weighted by Crippen LogP contribution is 2.31. The summed E-state index contributed by atoms with van der Waals surface area (Å²) in [5.74, 6) is -0.231. The number of carbonyl (C=O) groups is 2. The molecular formula is C15H16N2O2. The van der Waals surface area contributed by atoms with Gasteiger partial charge in [-0.2, -0.15) is 0 Å². The van der Waals surface area contributed by atoms with Gasteiger partial charge < -0.3 is 10.2 Å². The molecule has 4 nitrogen and oxygen atoms in total. The van der Waals surface area contributed by atoms with E-state index in [1.807, 2.05) is 12.1 Å². The summed E-state index contributed by atoms with van der Waals surface area (Å²) in [5.41, 5.74) is 4.35. The quantitative estimate of drug-likeness (QED) is 0.818. The van der Waals surface area contributed by atoms with Crippen LogP contribution in [0, 0.1) is 0 Å². The molecule has 2 aliphatic rings. The van der Waals surface area contributed by atoms with Gasteiger partial charge in [-0.25, -0.2) is 0 Å². The van der Waals surface area contributed by atoms with Crippen LogP contribution in [0.3, 0.4) is 0 Å². The van der Waals surface area contributed by atoms with Gasteiger partial charge in [-0.1, -0.05) is 25.1 Å². The Bertz CT molecular complexity index is 590. The fraction of sp³-hybridized carbons (Fsp3) is 0.333. The zero-order valence-electron chi connectivity index (χ0n) is 10.9. The predicted molar refractivity (Wildman–Crippen MR) is 72.2 cm³/mol. The third-order valence-corrected chi connectivity index (χ3v) is 3.79. The molecule has 1 aromatic carbocycles. The maximum Gasteiger partial charge on any atom is 0.246 e. The standard InChI is InChI=1S/C15H16N2O2/c1-2-10-4-3-5-12-11(10)6-7-17-13(12)8-14(18)16-9-15(17)19/h3-5,8H,2,6-7,9H2,1H3,(H,16,18). The Hall–Kier alpha value is -2.10. The molecule has 3 rings (SSSR count). The molecule has 98 valence electrons. The lowest BCUT2D eigenvalue weighted by Crippen LogP contribution is -2.38. The first-order chi connectivity index (χ1) is 9.20. The van der Waals surface area contributed by atoms with Gasteiger partial charge in [0.15, 0.2) is 0 Å². The van der Waals surface area contributed by atoms with Crippen LogP contribution in [0.5, 0.6) is 0 Å². The van der Waals surface area contributed by atoms with Crippen LogP contribution in [-0.2, 0) is 22.4 Å². The number of hydrogen-bond acceptors (Lipinski definition) is 2. The molecule has 2 aliphatic heterocycles. The second kappa shape index (κ2) is 4.53. The first-order valence-electron chi connectivity index (χ1n) is 6.61. The van der Waals surface area contributed by atoms with Crippen molar-refractivity contribution < 1.29 is 9.59 Å². The predicted octanol–water partition coefficient (Wildman–Crippen LogP) is 1.10. The number of nitrogens with one attached hydrogen (secondary N) is 1. The summed E-state index contributed by atoms with van der Waals surface area (Å²) in [6.07, 6.45) is 3.37. The maximum absolute atomic E-state index is 12.0. The van der Waals surface area contributed by atoms with Crippen molar-refractivity contribution in [3.63, 3.8) is 0 Å². The number of benzene rings is 1. The van der Waals surface area contributed by atoms with Crippen molar-refractivity contribution in [3.8, 4) is 0 Å². The second-order valence-corrected chi connectivity index (χ2v) is 4.84. The largest absolute Gasteiger partial charge is 0.343 e. The zero-order valence-corrected chi connectivity index (χ0v) is 10.9. The van der Waals surface area contributed by atoms with Gasteiger partial charge in [0.1, 0.15) is 0 Å². The SMILES string of the molecule is CCc1cccc2c1CCN1C(=O)CNC(=O)C=C21. The van der Waals surface area contributed by atoms with Crippen molar-refractivity contribution in [2.75, 3.05) is 13.1 Å². The van der Waals surface area contributed by atoms with Gasteiger partial charge >= 0.3 is 0 Å². The highest BCUT2D eigenvalue weighted by molar-refractivity contribution is 6.03. The van der Waals surface area contributed by atoms with E-state index in [0.29, 0.717) is 6.54 Å². The van der Waals surface area contributed by atoms with E-state index in [4.69, 9.17) is 0 Å². The van der Waals surface area contributed by atoms with Gasteiger partial charge in [0, 0.05) is 18.2 Å². The minimum atomic E-state index is -0.194. The number of nitrogens with zero attached hydrogens (tertiary/aromatic N) is 1. The van der Waals surface area contributed by atoms with Gasteiger partial charge in [-0.15, -0.1) is 0 Å². The van der Waals surface area contributed by atoms with Crippen LogP contribution < -0.4 is 5.32 Å². The molecule has 0 saturated heterocycles. The number of carbonyl (C=O) groups excluding carboxylic acids is 2. The first kappa shape index (κ1) is 12.0. The molecule has 4 heteroatoms. The smallest absolute Gasteiger partial charge is 0.246 e. The van der Waals surface area contributed by atoms with Crippen molar-refractivity contribution in [3.05, 3.63) is 41.0 Å². The van der Waals surface area contributed by atoms with Crippen LogP contribution in [0.2, 0.25) is 0 Å². The molecular weight excluding hydrogens is 240 g/mol. The summed E-state index contributed by atoms with van der Waals surface area (Å²) >= 11 is 0. The van der Waals surface area contributed by atoms with Crippen LogP contribution in [0.4, 0.5) is 0 Å². The number of aryl methyl sites for hydroxylation is 1. The van der Waals surface area contributed by atoms with Gasteiger partial charge in [-0.3, -0.25) is 9.59 Å². The number of fused-ring (bicyclic) bond motifs is 3. The van der Waals surface area contributed by atoms with E-state index in [2.05, 4.69) is 18.3 Å². The molecule has 0 aliphatic carbocycles. The Morgan fingerprint density at radius 1 is 1.32 bits per heavy atom. The summed E-state index contributed by atoms with van der Waals surface area (Å²) < 4.78 is 0. The lowest BCUT2D eigenvalue weighted by Gasteiger charge is -2.31. The molecule has 0 radical (unpaired) electrons. The molecule has 0 atom stereocenters. The summed E-state index contributed by atoms with van der Waals surface area (Å²) in [6.45, 7) is 2.87. The molecule has 0 bridgehead atoms. The van der Waals surface area contributed by atoms with Crippen molar-refractivity contribution in [2.24, 2.45) is 0 Å². The summed E-state index contributed by atoms with van der Waals surface area (Å²) in [7, 11) is 0. The lowest BCUT2D eigenvalue weighted by molar-refractivity contribution is -0.128. The molecule has 19 heavy (non-hydrogen) atoms. The third kappa shape index (κ3) is 1.93. The molecule has 1 N–H and O–H groups in total. The van der Waals surface area contributed by atoms with Crippen LogP contribution in [0.25, 0.3) is 5.70 Å². The molecule has 0 unspecified atom stereocenters. The minimum absolute atomic E-state index is 0.0374. The van der Waals surface area contributed by atoms with Crippen LogP contribution in [0.1, 0.15) is 23.6 Å². The normalized spacial score (nSPS) is 18.2. The van der Waals surface area contributed by atoms with Gasteiger partial charge in [0.05, 0.1) is 12.2 Å². The van der Waals surface area contributed by atoms with E-state index in [1.165, 1.54) is 11.1 Å². The molecule has 0 aromatic heterocycles. The van der Waals surface area contributed by atoms with Gasteiger partial charge in [0.25, 0.3) is 0 Å². The number of hydrogen-bond donors (Lipinski definition) is 1. The Labute approximate surface area is 112 Å². The van der Waals surface area contributed by atoms with Crippen molar-refractivity contribution in [1.82, 2.24) is 10.2 Å². The van der Waals surface area contributed by atoms with E-state index < -0.39 is 0 Å². The van der Waals surface area contributed by atoms with Crippen molar-refractivity contribution in [2.45, 2.75) is 19.8 Å². The molecule has 2 heterocycles. The van der Waals surface area contributed by atoms with E-state index in [0.717, 1.165) is 24.1 Å². The number of amides is 2. The van der Waals surface area contributed by atoms with Crippen LogP contribution >= 0.6 is 0 Å².